The summed E-state index contributed by atoms with van der Waals surface area (Å²) in [6.07, 6.45) is 7.96. The van der Waals surface area contributed by atoms with Gasteiger partial charge in [0.2, 0.25) is 0 Å². The Bertz CT molecular complexity index is 1490. The third kappa shape index (κ3) is 3.41. The summed E-state index contributed by atoms with van der Waals surface area (Å²) in [5.74, 6) is 0.378. The molecule has 1 aromatic heterocycles. The predicted octanol–water partition coefficient (Wildman–Crippen LogP) is 9.14. The van der Waals surface area contributed by atoms with Crippen molar-refractivity contribution in [2.24, 2.45) is 0 Å². The van der Waals surface area contributed by atoms with Gasteiger partial charge in [0.15, 0.2) is 0 Å². The van der Waals surface area contributed by atoms with Gasteiger partial charge in [-0.3, -0.25) is 0 Å². The van der Waals surface area contributed by atoms with E-state index in [1.54, 1.807) is 0 Å². The minimum Gasteiger partial charge on any atom is -0.456 e. The smallest absolute Gasteiger partial charge is 0.136 e. The van der Waals surface area contributed by atoms with Crippen LogP contribution in [0.1, 0.15) is 23.5 Å². The predicted molar refractivity (Wildman–Crippen MR) is 138 cm³/mol. The normalized spacial score (nSPS) is 15.9. The molecule has 0 bridgehead atoms. The van der Waals surface area contributed by atoms with Crippen molar-refractivity contribution < 1.29 is 4.42 Å². The highest BCUT2D eigenvalue weighted by atomic mass is 79.9. The van der Waals surface area contributed by atoms with Crippen LogP contribution in [0.3, 0.4) is 0 Å². The van der Waals surface area contributed by atoms with E-state index in [9.17, 15) is 0 Å². The first-order valence-corrected chi connectivity index (χ1v) is 11.7. The molecule has 4 aromatic carbocycles. The summed E-state index contributed by atoms with van der Waals surface area (Å²) in [4.78, 5) is 0. The largest absolute Gasteiger partial charge is 0.456 e. The Labute approximate surface area is 195 Å². The van der Waals surface area contributed by atoms with Crippen molar-refractivity contribution >= 4 is 43.4 Å². The second-order valence-corrected chi connectivity index (χ2v) is 9.13. The van der Waals surface area contributed by atoms with Gasteiger partial charge in [-0.1, -0.05) is 101 Å². The van der Waals surface area contributed by atoms with Crippen LogP contribution in [0.25, 0.3) is 38.6 Å². The van der Waals surface area contributed by atoms with Gasteiger partial charge in [-0.05, 0) is 58.5 Å². The van der Waals surface area contributed by atoms with Gasteiger partial charge in [-0.15, -0.1) is 0 Å². The maximum Gasteiger partial charge on any atom is 0.136 e. The molecule has 0 N–H and O–H groups in total. The van der Waals surface area contributed by atoms with Crippen molar-refractivity contribution in [1.82, 2.24) is 0 Å². The van der Waals surface area contributed by atoms with E-state index in [4.69, 9.17) is 4.42 Å². The van der Waals surface area contributed by atoms with Gasteiger partial charge < -0.3 is 4.42 Å². The van der Waals surface area contributed by atoms with E-state index in [0.717, 1.165) is 32.8 Å². The highest BCUT2D eigenvalue weighted by molar-refractivity contribution is 9.10. The maximum atomic E-state index is 6.05. The molecule has 1 atom stereocenters. The van der Waals surface area contributed by atoms with Crippen LogP contribution < -0.4 is 0 Å². The minimum atomic E-state index is 0.378. The van der Waals surface area contributed by atoms with E-state index in [-0.39, 0.29) is 0 Å². The van der Waals surface area contributed by atoms with Crippen molar-refractivity contribution in [2.45, 2.75) is 12.3 Å². The first kappa shape index (κ1) is 19.3. The van der Waals surface area contributed by atoms with Crippen LogP contribution in [0.4, 0.5) is 0 Å². The topological polar surface area (TPSA) is 13.1 Å². The molecule has 0 saturated carbocycles. The lowest BCUT2D eigenvalue weighted by Gasteiger charge is -2.18. The summed E-state index contributed by atoms with van der Waals surface area (Å²) in [7, 11) is 0. The van der Waals surface area contributed by atoms with Gasteiger partial charge in [0, 0.05) is 21.2 Å². The van der Waals surface area contributed by atoms with Crippen molar-refractivity contribution in [3.8, 4) is 11.1 Å². The second-order valence-electron chi connectivity index (χ2n) is 8.28. The van der Waals surface area contributed by atoms with Crippen LogP contribution in [0.2, 0.25) is 0 Å². The van der Waals surface area contributed by atoms with E-state index in [1.165, 1.54) is 27.8 Å². The summed E-state index contributed by atoms with van der Waals surface area (Å²) < 4.78 is 7.11. The standard InChI is InChI=1S/C30H21BrO/c31-27-10-5-11-29-30(27)26-19-25(16-17-28(26)32-29)24-9-4-8-23(18-24)22-14-12-21(13-15-22)20-6-2-1-3-7-20/h1-7,9-19,23H,8H2. The first-order valence-electron chi connectivity index (χ1n) is 10.9. The number of benzene rings is 4. The Morgan fingerprint density at radius 3 is 2.34 bits per heavy atom. The van der Waals surface area contributed by atoms with Crippen LogP contribution in [0.5, 0.6) is 0 Å². The lowest BCUT2D eigenvalue weighted by molar-refractivity contribution is 0.669. The Hall–Kier alpha value is -3.36. The zero-order valence-corrected chi connectivity index (χ0v) is 19.0. The second kappa shape index (κ2) is 7.96. The van der Waals surface area contributed by atoms with Crippen molar-refractivity contribution in [3.63, 3.8) is 0 Å². The SMILES string of the molecule is Brc1cccc2oc3ccc(C4=CC(c5ccc(-c6ccccc6)cc5)CC=C4)cc3c12. The molecule has 0 amide bonds. The Kier molecular flexibility index (Phi) is 4.81. The van der Waals surface area contributed by atoms with Crippen LogP contribution >= 0.6 is 15.9 Å². The van der Waals surface area contributed by atoms with Gasteiger partial charge in [0.05, 0.1) is 0 Å². The Morgan fingerprint density at radius 1 is 0.719 bits per heavy atom. The van der Waals surface area contributed by atoms with Gasteiger partial charge >= 0.3 is 0 Å². The first-order chi connectivity index (χ1) is 15.8. The monoisotopic (exact) mass is 476 g/mol. The number of hydrogen-bond donors (Lipinski definition) is 0. The lowest BCUT2D eigenvalue weighted by atomic mass is 9.86. The Morgan fingerprint density at radius 2 is 1.50 bits per heavy atom. The molecule has 1 nitrogen and oxygen atoms in total. The fraction of sp³-hybridized carbons (Fsp3) is 0.0667. The number of furan rings is 1. The molecule has 1 unspecified atom stereocenters. The molecule has 32 heavy (non-hydrogen) atoms. The van der Waals surface area contributed by atoms with E-state index in [2.05, 4.69) is 113 Å². The molecular weight excluding hydrogens is 456 g/mol. The molecule has 1 aliphatic carbocycles. The molecule has 1 heterocycles. The summed E-state index contributed by atoms with van der Waals surface area (Å²) in [6.45, 7) is 0. The molecule has 6 rings (SSSR count). The van der Waals surface area contributed by atoms with Crippen molar-refractivity contribution in [1.29, 1.82) is 0 Å². The third-order valence-corrected chi connectivity index (χ3v) is 6.95. The molecule has 154 valence electrons. The summed E-state index contributed by atoms with van der Waals surface area (Å²) in [5, 5.41) is 2.28. The average Bonchev–Trinajstić information content (AvgIpc) is 3.24. The molecular formula is C30H21BrO. The molecule has 0 spiro atoms. The fourth-order valence-corrected chi connectivity index (χ4v) is 5.18. The molecule has 0 aliphatic heterocycles. The van der Waals surface area contributed by atoms with E-state index < -0.39 is 0 Å². The van der Waals surface area contributed by atoms with E-state index in [0.29, 0.717) is 5.92 Å². The van der Waals surface area contributed by atoms with Crippen LogP contribution in [0, 0.1) is 0 Å². The Balaban J connectivity index is 1.35. The zero-order valence-electron chi connectivity index (χ0n) is 17.5. The van der Waals surface area contributed by atoms with Gasteiger partial charge in [-0.2, -0.15) is 0 Å². The zero-order chi connectivity index (χ0) is 21.5. The van der Waals surface area contributed by atoms with E-state index in [1.807, 2.05) is 12.1 Å². The molecule has 2 heteroatoms. The fourth-order valence-electron chi connectivity index (χ4n) is 4.62. The number of halogens is 1. The van der Waals surface area contributed by atoms with Crippen LogP contribution in [-0.4, -0.2) is 0 Å². The van der Waals surface area contributed by atoms with Crippen molar-refractivity contribution in [2.75, 3.05) is 0 Å². The van der Waals surface area contributed by atoms with Gasteiger partial charge in [-0.25, -0.2) is 0 Å². The quantitative estimate of drug-likeness (QED) is 0.253. The van der Waals surface area contributed by atoms with Crippen LogP contribution in [0.15, 0.2) is 118 Å². The third-order valence-electron chi connectivity index (χ3n) is 6.29. The number of allylic oxidation sites excluding steroid dienone is 4. The van der Waals surface area contributed by atoms with E-state index >= 15 is 0 Å². The number of rotatable bonds is 3. The van der Waals surface area contributed by atoms with Gasteiger partial charge in [0.25, 0.3) is 0 Å². The van der Waals surface area contributed by atoms with Crippen molar-refractivity contribution in [3.05, 3.63) is 125 Å². The highest BCUT2D eigenvalue weighted by Gasteiger charge is 2.15. The molecule has 0 radical (unpaired) electrons. The lowest BCUT2D eigenvalue weighted by Crippen LogP contribution is -1.99. The summed E-state index contributed by atoms with van der Waals surface area (Å²) in [5.41, 5.74) is 8.18. The minimum absolute atomic E-state index is 0.378. The highest BCUT2D eigenvalue weighted by Crippen LogP contribution is 2.37. The maximum absolute atomic E-state index is 6.05. The molecule has 5 aromatic rings. The van der Waals surface area contributed by atoms with Crippen LogP contribution in [-0.2, 0) is 0 Å². The summed E-state index contributed by atoms with van der Waals surface area (Å²) in [6, 6.07) is 32.1. The molecule has 0 saturated heterocycles. The molecule has 1 aliphatic rings. The molecule has 0 fully saturated rings. The average molecular weight is 477 g/mol. The number of hydrogen-bond acceptors (Lipinski definition) is 1. The van der Waals surface area contributed by atoms with Gasteiger partial charge in [0.1, 0.15) is 11.2 Å². The number of fused-ring (bicyclic) bond motifs is 3. The summed E-state index contributed by atoms with van der Waals surface area (Å²) >= 11 is 3.69.